The maximum Gasteiger partial charge on any atom is 0.338 e. The minimum absolute atomic E-state index is 0.216. The Balaban J connectivity index is 1.61. The van der Waals surface area contributed by atoms with E-state index in [0.29, 0.717) is 36.6 Å². The Bertz CT molecular complexity index is 1740. The van der Waals surface area contributed by atoms with E-state index in [9.17, 15) is 9.59 Å². The number of carbonyl (C=O) groups excluding carboxylic acids is 1. The fourth-order valence-corrected chi connectivity index (χ4v) is 6.39. The summed E-state index contributed by atoms with van der Waals surface area (Å²) in [4.78, 5) is 42.4. The van der Waals surface area contributed by atoms with Crippen molar-refractivity contribution < 1.29 is 13.9 Å². The first kappa shape index (κ1) is 27.1. The molecule has 0 spiro atoms. The number of anilines is 1. The fourth-order valence-electron chi connectivity index (χ4n) is 4.12. The van der Waals surface area contributed by atoms with Gasteiger partial charge in [0.2, 0.25) is 0 Å². The smallest absolute Gasteiger partial charge is 0.338 e. The van der Waals surface area contributed by atoms with Crippen molar-refractivity contribution in [1.82, 2.24) is 14.5 Å². The molecule has 1 aromatic carbocycles. The number of fused-ring (bicyclic) bond motifs is 1. The standard InChI is InChI=1S/C27H24BrN5O4S2/c1-5-36-24(35)21-15(2)31-27-33(22(21)16-7-9-17(10-8-16)32(3)4)23(34)20(38-27)14-18-13-19(28)25(37-18)39-26-29-11-6-12-30-26/h6-14,22H,5H2,1-4H3/b20-14+/t22-/m1/s1. The molecule has 0 unspecified atom stereocenters. The van der Waals surface area contributed by atoms with Crippen molar-refractivity contribution in [2.75, 3.05) is 25.6 Å². The summed E-state index contributed by atoms with van der Waals surface area (Å²) < 4.78 is 14.1. The molecular weight excluding hydrogens is 602 g/mol. The van der Waals surface area contributed by atoms with E-state index in [1.807, 2.05) is 43.3 Å². The summed E-state index contributed by atoms with van der Waals surface area (Å²) in [6, 6.07) is 10.6. The number of aromatic nitrogens is 3. The lowest BCUT2D eigenvalue weighted by Crippen LogP contribution is -2.39. The molecule has 0 N–H and O–H groups in total. The molecular formula is C27H24BrN5O4S2. The summed E-state index contributed by atoms with van der Waals surface area (Å²) in [6.45, 7) is 3.74. The minimum atomic E-state index is -0.677. The number of carbonyl (C=O) groups is 1. The average molecular weight is 627 g/mol. The highest BCUT2D eigenvalue weighted by molar-refractivity contribution is 9.10. The number of nitrogens with zero attached hydrogens (tertiary/aromatic N) is 5. The largest absolute Gasteiger partial charge is 0.463 e. The van der Waals surface area contributed by atoms with Crippen LogP contribution in [-0.2, 0) is 9.53 Å². The quantitative estimate of drug-likeness (QED) is 0.223. The number of ether oxygens (including phenoxy) is 1. The fraction of sp³-hybridized carbons (Fsp3) is 0.222. The van der Waals surface area contributed by atoms with Crippen molar-refractivity contribution in [1.29, 1.82) is 0 Å². The molecule has 0 fully saturated rings. The SMILES string of the molecule is CCOC(=O)C1=C(C)N=c2s/c(=C/c3cc(Br)c(Sc4ncccn4)o3)c(=O)n2[C@@H]1c1ccc(N(C)C)cc1. The van der Waals surface area contributed by atoms with Crippen LogP contribution in [0.15, 0.2) is 89.0 Å². The summed E-state index contributed by atoms with van der Waals surface area (Å²) in [7, 11) is 3.91. The van der Waals surface area contributed by atoms with Gasteiger partial charge in [0.05, 0.1) is 32.9 Å². The molecule has 200 valence electrons. The van der Waals surface area contributed by atoms with E-state index in [1.165, 1.54) is 23.1 Å². The van der Waals surface area contributed by atoms with E-state index < -0.39 is 12.0 Å². The Morgan fingerprint density at radius 3 is 2.64 bits per heavy atom. The molecule has 0 amide bonds. The lowest BCUT2D eigenvalue weighted by atomic mass is 9.95. The Labute approximate surface area is 240 Å². The first-order valence-electron chi connectivity index (χ1n) is 12.0. The van der Waals surface area contributed by atoms with Gasteiger partial charge in [0, 0.05) is 38.3 Å². The highest BCUT2D eigenvalue weighted by atomic mass is 79.9. The zero-order valence-corrected chi connectivity index (χ0v) is 24.8. The number of furan rings is 1. The van der Waals surface area contributed by atoms with Crippen molar-refractivity contribution >= 4 is 56.8 Å². The molecule has 9 nitrogen and oxygen atoms in total. The van der Waals surface area contributed by atoms with Gasteiger partial charge < -0.3 is 14.1 Å². The highest BCUT2D eigenvalue weighted by Gasteiger charge is 2.33. The van der Waals surface area contributed by atoms with Crippen LogP contribution in [0.25, 0.3) is 6.08 Å². The Kier molecular flexibility index (Phi) is 7.87. The van der Waals surface area contributed by atoms with Gasteiger partial charge in [0.15, 0.2) is 15.1 Å². The zero-order chi connectivity index (χ0) is 27.7. The van der Waals surface area contributed by atoms with Crippen LogP contribution in [0.1, 0.15) is 31.2 Å². The van der Waals surface area contributed by atoms with Gasteiger partial charge in [0.1, 0.15) is 5.76 Å². The van der Waals surface area contributed by atoms with Gasteiger partial charge in [-0.3, -0.25) is 9.36 Å². The summed E-state index contributed by atoms with van der Waals surface area (Å²) >= 11 is 6.03. The number of halogens is 1. The van der Waals surface area contributed by atoms with Gasteiger partial charge in [-0.15, -0.1) is 0 Å². The lowest BCUT2D eigenvalue weighted by molar-refractivity contribution is -0.139. The van der Waals surface area contributed by atoms with Gasteiger partial charge in [-0.05, 0) is 71.4 Å². The monoisotopic (exact) mass is 625 g/mol. The van der Waals surface area contributed by atoms with Crippen LogP contribution >= 0.6 is 39.0 Å². The number of hydrogen-bond donors (Lipinski definition) is 0. The Morgan fingerprint density at radius 2 is 1.97 bits per heavy atom. The summed E-state index contributed by atoms with van der Waals surface area (Å²) in [5.74, 6) is -0.00624. The van der Waals surface area contributed by atoms with Crippen molar-refractivity contribution in [3.05, 3.63) is 95.5 Å². The number of allylic oxidation sites excluding steroid dienone is 1. The molecule has 12 heteroatoms. The third kappa shape index (κ3) is 5.49. The van der Waals surface area contributed by atoms with Gasteiger partial charge in [0.25, 0.3) is 5.56 Å². The molecule has 1 atom stereocenters. The van der Waals surface area contributed by atoms with Crippen LogP contribution in [0.4, 0.5) is 5.69 Å². The molecule has 0 saturated heterocycles. The first-order valence-corrected chi connectivity index (χ1v) is 14.4. The molecule has 4 heterocycles. The second-order valence-electron chi connectivity index (χ2n) is 8.71. The van der Waals surface area contributed by atoms with E-state index in [0.717, 1.165) is 15.7 Å². The van der Waals surface area contributed by atoms with E-state index in [-0.39, 0.29) is 12.2 Å². The Morgan fingerprint density at radius 1 is 1.26 bits per heavy atom. The van der Waals surface area contributed by atoms with Crippen LogP contribution in [-0.4, -0.2) is 41.2 Å². The average Bonchev–Trinajstić information content (AvgIpc) is 3.41. The molecule has 5 rings (SSSR count). The van der Waals surface area contributed by atoms with Crippen molar-refractivity contribution in [2.24, 2.45) is 4.99 Å². The number of benzene rings is 1. The molecule has 39 heavy (non-hydrogen) atoms. The van der Waals surface area contributed by atoms with Crippen molar-refractivity contribution in [3.63, 3.8) is 0 Å². The number of thiazole rings is 1. The minimum Gasteiger partial charge on any atom is -0.463 e. The highest BCUT2D eigenvalue weighted by Crippen LogP contribution is 2.35. The Hall–Kier alpha value is -3.48. The van der Waals surface area contributed by atoms with Crippen LogP contribution in [0, 0.1) is 0 Å². The van der Waals surface area contributed by atoms with Crippen LogP contribution in [0.5, 0.6) is 0 Å². The van der Waals surface area contributed by atoms with Crippen molar-refractivity contribution in [3.8, 4) is 0 Å². The molecule has 0 bridgehead atoms. The molecule has 1 aliphatic rings. The molecule has 0 aliphatic carbocycles. The normalized spacial score (nSPS) is 15.2. The number of hydrogen-bond acceptors (Lipinski definition) is 10. The maximum absolute atomic E-state index is 13.8. The molecule has 1 aliphatic heterocycles. The van der Waals surface area contributed by atoms with E-state index >= 15 is 0 Å². The van der Waals surface area contributed by atoms with Crippen molar-refractivity contribution in [2.45, 2.75) is 30.1 Å². The zero-order valence-electron chi connectivity index (χ0n) is 21.5. The van der Waals surface area contributed by atoms with Gasteiger partial charge in [-0.1, -0.05) is 23.5 Å². The van der Waals surface area contributed by atoms with Gasteiger partial charge in [-0.2, -0.15) is 0 Å². The third-order valence-corrected chi connectivity index (χ3v) is 8.63. The van der Waals surface area contributed by atoms with Gasteiger partial charge >= 0.3 is 5.97 Å². The van der Waals surface area contributed by atoms with Crippen LogP contribution in [0.2, 0.25) is 0 Å². The number of esters is 1. The molecule has 0 radical (unpaired) electrons. The molecule has 4 aromatic rings. The molecule has 3 aromatic heterocycles. The van der Waals surface area contributed by atoms with E-state index in [2.05, 4.69) is 30.9 Å². The van der Waals surface area contributed by atoms with Gasteiger partial charge in [-0.25, -0.2) is 19.8 Å². The molecule has 0 saturated carbocycles. The predicted molar refractivity (Wildman–Crippen MR) is 154 cm³/mol. The van der Waals surface area contributed by atoms with Crippen LogP contribution < -0.4 is 19.8 Å². The second kappa shape index (κ2) is 11.3. The lowest BCUT2D eigenvalue weighted by Gasteiger charge is -2.25. The van der Waals surface area contributed by atoms with E-state index in [4.69, 9.17) is 9.15 Å². The summed E-state index contributed by atoms with van der Waals surface area (Å²) in [6.07, 6.45) is 5.00. The second-order valence-corrected chi connectivity index (χ2v) is 11.5. The van der Waals surface area contributed by atoms with Crippen LogP contribution in [0.3, 0.4) is 0 Å². The third-order valence-electron chi connectivity index (χ3n) is 5.92. The topological polar surface area (TPSA) is 103 Å². The summed E-state index contributed by atoms with van der Waals surface area (Å²) in [5, 5.41) is 1.11. The maximum atomic E-state index is 13.8. The first-order chi connectivity index (χ1) is 18.8. The number of rotatable bonds is 7. The predicted octanol–water partition coefficient (Wildman–Crippen LogP) is 4.16. The summed E-state index contributed by atoms with van der Waals surface area (Å²) in [5.41, 5.74) is 2.37. The van der Waals surface area contributed by atoms with E-state index in [1.54, 1.807) is 49.0 Å².